The van der Waals surface area contributed by atoms with Gasteiger partial charge in [-0.1, -0.05) is 18.2 Å². The first kappa shape index (κ1) is 14.5. The Morgan fingerprint density at radius 3 is 2.76 bits per heavy atom. The molecule has 0 aliphatic heterocycles. The highest BCUT2D eigenvalue weighted by atomic mass is 19.1. The molecule has 2 aromatic carbocycles. The average molecular weight is 285 g/mol. The molecule has 0 radical (unpaired) electrons. The van der Waals surface area contributed by atoms with Crippen molar-refractivity contribution in [1.29, 1.82) is 5.26 Å². The third-order valence-corrected chi connectivity index (χ3v) is 2.81. The Bertz CT molecular complexity index is 707. The number of benzene rings is 2. The summed E-state index contributed by atoms with van der Waals surface area (Å²) < 4.78 is 18.7. The van der Waals surface area contributed by atoms with Crippen molar-refractivity contribution in [3.05, 3.63) is 65.0 Å². The van der Waals surface area contributed by atoms with Crippen molar-refractivity contribution in [2.75, 3.05) is 0 Å². The summed E-state index contributed by atoms with van der Waals surface area (Å²) in [6.07, 6.45) is -0.0771. The summed E-state index contributed by atoms with van der Waals surface area (Å²) in [7, 11) is 0. The van der Waals surface area contributed by atoms with Gasteiger partial charge < -0.3 is 9.84 Å². The SMILES string of the molecule is N#Cc1cc(COc2cccc(CC(=O)O)c2)ccc1F. The summed E-state index contributed by atoms with van der Waals surface area (Å²) in [6.45, 7) is 0.172. The summed E-state index contributed by atoms with van der Waals surface area (Å²) in [5.74, 6) is -0.953. The zero-order valence-electron chi connectivity index (χ0n) is 11.0. The molecule has 21 heavy (non-hydrogen) atoms. The minimum atomic E-state index is -0.913. The van der Waals surface area contributed by atoms with Gasteiger partial charge in [0.05, 0.1) is 12.0 Å². The zero-order chi connectivity index (χ0) is 15.2. The average Bonchev–Trinajstić information content (AvgIpc) is 2.46. The quantitative estimate of drug-likeness (QED) is 0.917. The molecule has 0 saturated heterocycles. The van der Waals surface area contributed by atoms with Gasteiger partial charge in [-0.25, -0.2) is 4.39 Å². The van der Waals surface area contributed by atoms with E-state index in [-0.39, 0.29) is 18.6 Å². The van der Waals surface area contributed by atoms with Crippen LogP contribution in [0.5, 0.6) is 5.75 Å². The lowest BCUT2D eigenvalue weighted by Crippen LogP contribution is -2.01. The first-order valence-corrected chi connectivity index (χ1v) is 6.20. The maximum absolute atomic E-state index is 13.2. The van der Waals surface area contributed by atoms with Crippen molar-refractivity contribution in [3.8, 4) is 11.8 Å². The molecule has 0 aliphatic rings. The van der Waals surface area contributed by atoms with Crippen LogP contribution in [0.2, 0.25) is 0 Å². The molecular weight excluding hydrogens is 273 g/mol. The Morgan fingerprint density at radius 2 is 2.05 bits per heavy atom. The van der Waals surface area contributed by atoms with E-state index >= 15 is 0 Å². The number of aliphatic carboxylic acids is 1. The number of rotatable bonds is 5. The van der Waals surface area contributed by atoms with E-state index in [0.717, 1.165) is 0 Å². The molecule has 0 saturated carbocycles. The lowest BCUT2D eigenvalue weighted by molar-refractivity contribution is -0.136. The molecule has 0 bridgehead atoms. The molecule has 0 heterocycles. The van der Waals surface area contributed by atoms with Gasteiger partial charge in [-0.05, 0) is 35.4 Å². The van der Waals surface area contributed by atoms with Gasteiger partial charge in [-0.15, -0.1) is 0 Å². The van der Waals surface area contributed by atoms with Crippen LogP contribution < -0.4 is 4.74 Å². The first-order valence-electron chi connectivity index (χ1n) is 6.20. The van der Waals surface area contributed by atoms with Gasteiger partial charge in [-0.3, -0.25) is 4.79 Å². The van der Waals surface area contributed by atoms with Crippen LogP contribution in [0, 0.1) is 17.1 Å². The highest BCUT2D eigenvalue weighted by Gasteiger charge is 2.05. The van der Waals surface area contributed by atoms with E-state index in [9.17, 15) is 9.18 Å². The van der Waals surface area contributed by atoms with Crippen molar-refractivity contribution in [3.63, 3.8) is 0 Å². The normalized spacial score (nSPS) is 9.90. The Balaban J connectivity index is 2.06. The lowest BCUT2D eigenvalue weighted by atomic mass is 10.1. The first-order chi connectivity index (χ1) is 10.1. The van der Waals surface area contributed by atoms with Crippen molar-refractivity contribution in [2.24, 2.45) is 0 Å². The molecule has 0 fully saturated rings. The molecule has 0 spiro atoms. The molecule has 106 valence electrons. The van der Waals surface area contributed by atoms with Crippen LogP contribution in [0.25, 0.3) is 0 Å². The predicted molar refractivity (Wildman–Crippen MR) is 73.2 cm³/mol. The molecule has 0 atom stereocenters. The fourth-order valence-electron chi connectivity index (χ4n) is 1.83. The van der Waals surface area contributed by atoms with E-state index in [0.29, 0.717) is 16.9 Å². The van der Waals surface area contributed by atoms with E-state index in [2.05, 4.69) is 0 Å². The van der Waals surface area contributed by atoms with Crippen molar-refractivity contribution < 1.29 is 19.0 Å². The number of hydrogen-bond donors (Lipinski definition) is 1. The van der Waals surface area contributed by atoms with E-state index in [1.165, 1.54) is 18.2 Å². The van der Waals surface area contributed by atoms with E-state index in [1.54, 1.807) is 30.3 Å². The fraction of sp³-hybridized carbons (Fsp3) is 0.125. The molecule has 2 aromatic rings. The maximum atomic E-state index is 13.2. The van der Waals surface area contributed by atoms with Gasteiger partial charge in [-0.2, -0.15) is 5.26 Å². The Hall–Kier alpha value is -2.87. The summed E-state index contributed by atoms with van der Waals surface area (Å²) in [5, 5.41) is 17.5. The van der Waals surface area contributed by atoms with E-state index in [4.69, 9.17) is 15.1 Å². The van der Waals surface area contributed by atoms with E-state index in [1.807, 2.05) is 0 Å². The van der Waals surface area contributed by atoms with Gasteiger partial charge in [0.2, 0.25) is 0 Å². The van der Waals surface area contributed by atoms with Crippen LogP contribution >= 0.6 is 0 Å². The molecule has 5 heteroatoms. The number of carboxylic acids is 1. The van der Waals surface area contributed by atoms with Crippen molar-refractivity contribution >= 4 is 5.97 Å². The van der Waals surface area contributed by atoms with Crippen LogP contribution in [0.1, 0.15) is 16.7 Å². The topological polar surface area (TPSA) is 70.3 Å². The van der Waals surface area contributed by atoms with Crippen LogP contribution in [-0.2, 0) is 17.8 Å². The zero-order valence-corrected chi connectivity index (χ0v) is 11.0. The molecule has 1 N–H and O–H groups in total. The minimum absolute atomic E-state index is 0.0317. The molecule has 2 rings (SSSR count). The second-order valence-electron chi connectivity index (χ2n) is 4.43. The maximum Gasteiger partial charge on any atom is 0.307 e. The second kappa shape index (κ2) is 6.53. The van der Waals surface area contributed by atoms with Crippen LogP contribution in [0.4, 0.5) is 4.39 Å². The fourth-order valence-corrected chi connectivity index (χ4v) is 1.83. The molecule has 0 aromatic heterocycles. The van der Waals surface area contributed by atoms with Crippen molar-refractivity contribution in [1.82, 2.24) is 0 Å². The van der Waals surface area contributed by atoms with Gasteiger partial charge in [0.25, 0.3) is 0 Å². The lowest BCUT2D eigenvalue weighted by Gasteiger charge is -2.08. The van der Waals surface area contributed by atoms with Gasteiger partial charge in [0.15, 0.2) is 0 Å². The highest BCUT2D eigenvalue weighted by molar-refractivity contribution is 5.70. The number of nitrogens with zero attached hydrogens (tertiary/aromatic N) is 1. The molecule has 0 amide bonds. The Kier molecular flexibility index (Phi) is 4.52. The largest absolute Gasteiger partial charge is 0.489 e. The summed E-state index contributed by atoms with van der Waals surface area (Å²) in [6, 6.07) is 12.7. The monoisotopic (exact) mass is 285 g/mol. The number of hydrogen-bond acceptors (Lipinski definition) is 3. The van der Waals surface area contributed by atoms with Gasteiger partial charge in [0.1, 0.15) is 24.2 Å². The van der Waals surface area contributed by atoms with Crippen LogP contribution in [0.3, 0.4) is 0 Å². The minimum Gasteiger partial charge on any atom is -0.489 e. The molecule has 0 unspecified atom stereocenters. The molecule has 4 nitrogen and oxygen atoms in total. The molecule has 0 aliphatic carbocycles. The number of ether oxygens (including phenoxy) is 1. The van der Waals surface area contributed by atoms with Crippen LogP contribution in [-0.4, -0.2) is 11.1 Å². The van der Waals surface area contributed by atoms with Crippen molar-refractivity contribution in [2.45, 2.75) is 13.0 Å². The third kappa shape index (κ3) is 4.05. The number of nitriles is 1. The summed E-state index contributed by atoms with van der Waals surface area (Å²) in [5.41, 5.74) is 1.27. The summed E-state index contributed by atoms with van der Waals surface area (Å²) in [4.78, 5) is 10.7. The smallest absolute Gasteiger partial charge is 0.307 e. The second-order valence-corrected chi connectivity index (χ2v) is 4.43. The highest BCUT2D eigenvalue weighted by Crippen LogP contribution is 2.17. The van der Waals surface area contributed by atoms with Gasteiger partial charge in [0, 0.05) is 0 Å². The number of carbonyl (C=O) groups is 1. The Morgan fingerprint density at radius 1 is 1.24 bits per heavy atom. The predicted octanol–water partition coefficient (Wildman–Crippen LogP) is 2.90. The van der Waals surface area contributed by atoms with Crippen LogP contribution in [0.15, 0.2) is 42.5 Å². The van der Waals surface area contributed by atoms with Gasteiger partial charge >= 0.3 is 5.97 Å². The standard InChI is InChI=1S/C16H12FNO3/c17-15-5-4-12(6-13(15)9-18)10-21-14-3-1-2-11(7-14)8-16(19)20/h1-7H,8,10H2,(H,19,20). The number of carboxylic acid groups (broad SMARTS) is 1. The molecular formula is C16H12FNO3. The third-order valence-electron chi connectivity index (χ3n) is 2.81. The van der Waals surface area contributed by atoms with E-state index < -0.39 is 11.8 Å². The Labute approximate surface area is 121 Å². The number of halogens is 1. The summed E-state index contributed by atoms with van der Waals surface area (Å²) >= 11 is 0.